The Morgan fingerprint density at radius 3 is 2.38 bits per heavy atom. The quantitative estimate of drug-likeness (QED) is 0.921. The number of carbonyl (C=O) groups is 1. The van der Waals surface area contributed by atoms with Crippen LogP contribution < -0.4 is 14.8 Å². The lowest BCUT2D eigenvalue weighted by atomic mass is 9.82. The molecule has 1 aromatic carbocycles. The Morgan fingerprint density at radius 1 is 1.14 bits per heavy atom. The van der Waals surface area contributed by atoms with Crippen molar-refractivity contribution in [2.45, 2.75) is 18.4 Å². The Balaban J connectivity index is 2.38. The van der Waals surface area contributed by atoms with E-state index in [9.17, 15) is 4.79 Å². The first-order valence-electron chi connectivity index (χ1n) is 6.81. The van der Waals surface area contributed by atoms with Gasteiger partial charge >= 0.3 is 6.09 Å². The SMILES string of the molecule is COC(=O)NC1(c2ccc(OC)c(OC)c2)CCOCC1. The second kappa shape index (κ2) is 6.67. The van der Waals surface area contributed by atoms with Crippen molar-refractivity contribution in [3.8, 4) is 11.5 Å². The lowest BCUT2D eigenvalue weighted by Crippen LogP contribution is -2.49. The maximum absolute atomic E-state index is 11.7. The minimum atomic E-state index is -0.509. The monoisotopic (exact) mass is 295 g/mol. The van der Waals surface area contributed by atoms with Gasteiger partial charge in [0.25, 0.3) is 0 Å². The molecular weight excluding hydrogens is 274 g/mol. The van der Waals surface area contributed by atoms with E-state index in [-0.39, 0.29) is 0 Å². The van der Waals surface area contributed by atoms with Gasteiger partial charge in [-0.3, -0.25) is 0 Å². The Morgan fingerprint density at radius 2 is 1.81 bits per heavy atom. The average molecular weight is 295 g/mol. The molecule has 6 nitrogen and oxygen atoms in total. The molecule has 0 bridgehead atoms. The van der Waals surface area contributed by atoms with Gasteiger partial charge in [-0.2, -0.15) is 0 Å². The fraction of sp³-hybridized carbons (Fsp3) is 0.533. The van der Waals surface area contributed by atoms with Crippen LogP contribution >= 0.6 is 0 Å². The smallest absolute Gasteiger partial charge is 0.407 e. The first kappa shape index (κ1) is 15.4. The van der Waals surface area contributed by atoms with Gasteiger partial charge in [0.1, 0.15) is 0 Å². The van der Waals surface area contributed by atoms with Crippen molar-refractivity contribution in [3.63, 3.8) is 0 Å². The van der Waals surface area contributed by atoms with Crippen molar-refractivity contribution >= 4 is 6.09 Å². The van der Waals surface area contributed by atoms with Gasteiger partial charge in [0, 0.05) is 13.2 Å². The molecule has 0 aromatic heterocycles. The van der Waals surface area contributed by atoms with Gasteiger partial charge in [-0.15, -0.1) is 0 Å². The number of amides is 1. The molecule has 0 unspecified atom stereocenters. The van der Waals surface area contributed by atoms with Crippen LogP contribution in [0.1, 0.15) is 18.4 Å². The maximum Gasteiger partial charge on any atom is 0.407 e. The molecule has 116 valence electrons. The summed E-state index contributed by atoms with van der Waals surface area (Å²) < 4.78 is 20.8. The molecule has 1 fully saturated rings. The summed E-state index contributed by atoms with van der Waals surface area (Å²) in [6.07, 6.45) is 0.904. The molecule has 1 aliphatic rings. The van der Waals surface area contributed by atoms with Crippen molar-refractivity contribution in [2.75, 3.05) is 34.5 Å². The minimum absolute atomic E-state index is 0.452. The summed E-state index contributed by atoms with van der Waals surface area (Å²) >= 11 is 0. The molecule has 2 rings (SSSR count). The van der Waals surface area contributed by atoms with E-state index in [4.69, 9.17) is 18.9 Å². The first-order chi connectivity index (χ1) is 10.1. The number of alkyl carbamates (subject to hydrolysis) is 1. The van der Waals surface area contributed by atoms with Gasteiger partial charge < -0.3 is 24.3 Å². The van der Waals surface area contributed by atoms with Crippen LogP contribution in [-0.4, -0.2) is 40.6 Å². The van der Waals surface area contributed by atoms with E-state index in [1.54, 1.807) is 14.2 Å². The van der Waals surface area contributed by atoms with Gasteiger partial charge in [-0.05, 0) is 30.5 Å². The Bertz CT molecular complexity index is 497. The van der Waals surface area contributed by atoms with E-state index in [1.165, 1.54) is 7.11 Å². The first-order valence-corrected chi connectivity index (χ1v) is 6.81. The number of rotatable bonds is 4. The highest BCUT2D eigenvalue weighted by Crippen LogP contribution is 2.37. The van der Waals surface area contributed by atoms with Gasteiger partial charge in [0.15, 0.2) is 11.5 Å². The highest BCUT2D eigenvalue weighted by Gasteiger charge is 2.37. The Kier molecular flexibility index (Phi) is 4.90. The highest BCUT2D eigenvalue weighted by molar-refractivity contribution is 5.68. The second-order valence-electron chi connectivity index (χ2n) is 4.88. The third kappa shape index (κ3) is 3.21. The van der Waals surface area contributed by atoms with E-state index in [0.717, 1.165) is 5.56 Å². The number of carbonyl (C=O) groups excluding carboxylic acids is 1. The molecule has 0 spiro atoms. The molecule has 1 N–H and O–H groups in total. The summed E-state index contributed by atoms with van der Waals surface area (Å²) in [6.45, 7) is 1.16. The van der Waals surface area contributed by atoms with E-state index < -0.39 is 11.6 Å². The van der Waals surface area contributed by atoms with Crippen LogP contribution in [0.2, 0.25) is 0 Å². The van der Waals surface area contributed by atoms with Crippen LogP contribution in [0.4, 0.5) is 4.79 Å². The third-order valence-electron chi connectivity index (χ3n) is 3.81. The summed E-state index contributed by atoms with van der Waals surface area (Å²) in [6, 6.07) is 5.66. The number of hydrogen-bond acceptors (Lipinski definition) is 5. The molecule has 0 saturated carbocycles. The molecule has 1 aromatic rings. The summed E-state index contributed by atoms with van der Waals surface area (Å²) in [5.74, 6) is 1.29. The van der Waals surface area contributed by atoms with E-state index in [0.29, 0.717) is 37.6 Å². The lowest BCUT2D eigenvalue weighted by Gasteiger charge is -2.38. The number of ether oxygens (including phenoxy) is 4. The summed E-state index contributed by atoms with van der Waals surface area (Å²) in [4.78, 5) is 11.7. The molecule has 21 heavy (non-hydrogen) atoms. The Hall–Kier alpha value is -1.95. The van der Waals surface area contributed by atoms with Gasteiger partial charge in [-0.1, -0.05) is 6.07 Å². The average Bonchev–Trinajstić information content (AvgIpc) is 2.54. The molecule has 1 amide bonds. The summed E-state index contributed by atoms with van der Waals surface area (Å²) in [7, 11) is 4.54. The fourth-order valence-corrected chi connectivity index (χ4v) is 2.59. The van der Waals surface area contributed by atoms with Crippen molar-refractivity contribution < 1.29 is 23.7 Å². The van der Waals surface area contributed by atoms with Gasteiger partial charge in [-0.25, -0.2) is 4.79 Å². The molecule has 1 heterocycles. The van der Waals surface area contributed by atoms with E-state index in [1.807, 2.05) is 18.2 Å². The number of nitrogens with one attached hydrogen (secondary N) is 1. The van der Waals surface area contributed by atoms with Crippen molar-refractivity contribution in [3.05, 3.63) is 23.8 Å². The molecule has 1 aliphatic heterocycles. The summed E-state index contributed by atoms with van der Waals surface area (Å²) in [5, 5.41) is 2.95. The standard InChI is InChI=1S/C15H21NO5/c1-18-12-5-4-11(10-13(12)19-2)15(16-14(17)20-3)6-8-21-9-7-15/h4-5,10H,6-9H2,1-3H3,(H,16,17). The van der Waals surface area contributed by atoms with Crippen LogP contribution in [0.5, 0.6) is 11.5 Å². The zero-order valence-corrected chi connectivity index (χ0v) is 12.6. The molecular formula is C15H21NO5. The minimum Gasteiger partial charge on any atom is -0.493 e. The van der Waals surface area contributed by atoms with Crippen LogP contribution in [0.25, 0.3) is 0 Å². The van der Waals surface area contributed by atoms with Gasteiger partial charge in [0.2, 0.25) is 0 Å². The van der Waals surface area contributed by atoms with Gasteiger partial charge in [0.05, 0.1) is 26.9 Å². The lowest BCUT2D eigenvalue weighted by molar-refractivity contribution is 0.0356. The second-order valence-corrected chi connectivity index (χ2v) is 4.88. The van der Waals surface area contributed by atoms with Crippen LogP contribution in [0.15, 0.2) is 18.2 Å². The topological polar surface area (TPSA) is 66.0 Å². The van der Waals surface area contributed by atoms with Crippen molar-refractivity contribution in [2.24, 2.45) is 0 Å². The summed E-state index contributed by atoms with van der Waals surface area (Å²) in [5.41, 5.74) is 0.444. The fourth-order valence-electron chi connectivity index (χ4n) is 2.59. The molecule has 6 heteroatoms. The predicted molar refractivity (Wildman–Crippen MR) is 76.8 cm³/mol. The third-order valence-corrected chi connectivity index (χ3v) is 3.81. The highest BCUT2D eigenvalue weighted by atomic mass is 16.5. The Labute approximate surface area is 124 Å². The maximum atomic E-state index is 11.7. The predicted octanol–water partition coefficient (Wildman–Crippen LogP) is 2.07. The largest absolute Gasteiger partial charge is 0.493 e. The normalized spacial score (nSPS) is 16.9. The van der Waals surface area contributed by atoms with Crippen LogP contribution in [-0.2, 0) is 15.0 Å². The van der Waals surface area contributed by atoms with E-state index in [2.05, 4.69) is 5.32 Å². The molecule has 0 atom stereocenters. The van der Waals surface area contributed by atoms with E-state index >= 15 is 0 Å². The van der Waals surface area contributed by atoms with Crippen LogP contribution in [0, 0.1) is 0 Å². The number of methoxy groups -OCH3 is 3. The molecule has 0 aliphatic carbocycles. The van der Waals surface area contributed by atoms with Crippen molar-refractivity contribution in [1.29, 1.82) is 0 Å². The molecule has 0 radical (unpaired) electrons. The molecule has 1 saturated heterocycles. The van der Waals surface area contributed by atoms with Crippen molar-refractivity contribution in [1.82, 2.24) is 5.32 Å². The number of benzene rings is 1. The number of hydrogen-bond donors (Lipinski definition) is 1. The zero-order valence-electron chi connectivity index (χ0n) is 12.6. The zero-order chi connectivity index (χ0) is 15.3. The van der Waals surface area contributed by atoms with Crippen LogP contribution in [0.3, 0.4) is 0 Å².